The predicted molar refractivity (Wildman–Crippen MR) is 135 cm³/mol. The largest absolute Gasteiger partial charge is 0.493 e. The number of aryl methyl sites for hydroxylation is 1. The summed E-state index contributed by atoms with van der Waals surface area (Å²) in [5.41, 5.74) is 3.24. The summed E-state index contributed by atoms with van der Waals surface area (Å²) in [6, 6.07) is 17.4. The van der Waals surface area contributed by atoms with E-state index in [0.717, 1.165) is 14.7 Å². The maximum atomic E-state index is 12.4. The normalized spacial score (nSPS) is 14.0. The molecule has 172 valence electrons. The zero-order valence-corrected chi connectivity index (χ0v) is 20.4. The van der Waals surface area contributed by atoms with Gasteiger partial charge in [-0.2, -0.15) is 0 Å². The van der Waals surface area contributed by atoms with E-state index in [2.05, 4.69) is 27.6 Å². The summed E-state index contributed by atoms with van der Waals surface area (Å²) in [5.74, 6) is 0.694. The lowest BCUT2D eigenvalue weighted by atomic mass is 10.1. The van der Waals surface area contributed by atoms with Crippen LogP contribution < -0.4 is 9.47 Å². The first-order valence-electron chi connectivity index (χ1n) is 10.2. The number of cyclic esters (lactones) is 1. The summed E-state index contributed by atoms with van der Waals surface area (Å²) in [5, 5.41) is 11.0. The van der Waals surface area contributed by atoms with E-state index in [1.165, 1.54) is 19.2 Å². The molecule has 3 aromatic rings. The zero-order valence-electron chi connectivity index (χ0n) is 18.3. The Hall–Kier alpha value is -3.73. The fourth-order valence-corrected chi connectivity index (χ4v) is 4.15. The van der Waals surface area contributed by atoms with E-state index in [9.17, 15) is 14.9 Å². The average Bonchev–Trinajstić information content (AvgIpc) is 3.18. The van der Waals surface area contributed by atoms with Crippen molar-refractivity contribution >= 4 is 46.2 Å². The van der Waals surface area contributed by atoms with Gasteiger partial charge in [-0.25, -0.2) is 9.79 Å². The number of halogens is 1. The molecule has 1 aliphatic rings. The molecule has 0 bridgehead atoms. The Kier molecular flexibility index (Phi) is 6.92. The van der Waals surface area contributed by atoms with Gasteiger partial charge in [0.15, 0.2) is 17.2 Å². The summed E-state index contributed by atoms with van der Waals surface area (Å²) in [7, 11) is 1.51. The second kappa shape index (κ2) is 10.0. The summed E-state index contributed by atoms with van der Waals surface area (Å²) in [4.78, 5) is 27.3. The summed E-state index contributed by atoms with van der Waals surface area (Å²) >= 11 is 2.11. The molecule has 0 aliphatic carbocycles. The molecule has 0 unspecified atom stereocenters. The van der Waals surface area contributed by atoms with Crippen LogP contribution in [0.15, 0.2) is 71.4 Å². The van der Waals surface area contributed by atoms with Crippen molar-refractivity contribution in [2.24, 2.45) is 4.99 Å². The van der Waals surface area contributed by atoms with Crippen LogP contribution in [0, 0.1) is 20.6 Å². The molecule has 8 nitrogen and oxygen atoms in total. The molecule has 0 radical (unpaired) electrons. The van der Waals surface area contributed by atoms with Crippen LogP contribution in [-0.4, -0.2) is 23.9 Å². The fraction of sp³-hybridized carbons (Fsp3) is 0.120. The van der Waals surface area contributed by atoms with Crippen LogP contribution in [0.2, 0.25) is 0 Å². The fourth-order valence-electron chi connectivity index (χ4n) is 3.37. The number of nitro benzene ring substituents is 1. The van der Waals surface area contributed by atoms with Gasteiger partial charge in [0.05, 0.1) is 15.6 Å². The molecular weight excluding hydrogens is 551 g/mol. The SMILES string of the molecule is COc1cc(/C=C2\N=C(c3ccccc3C)OC2=O)cc(I)c1OCc1cccc([N+](=O)[O-])c1. The van der Waals surface area contributed by atoms with Crippen LogP contribution in [0.1, 0.15) is 22.3 Å². The van der Waals surface area contributed by atoms with Gasteiger partial charge in [-0.1, -0.05) is 30.3 Å². The van der Waals surface area contributed by atoms with Gasteiger partial charge in [0.1, 0.15) is 6.61 Å². The summed E-state index contributed by atoms with van der Waals surface area (Å²) < 4.78 is 17.5. The third kappa shape index (κ3) is 5.09. The highest BCUT2D eigenvalue weighted by molar-refractivity contribution is 14.1. The van der Waals surface area contributed by atoms with Crippen molar-refractivity contribution < 1.29 is 23.9 Å². The Bertz CT molecular complexity index is 1350. The van der Waals surface area contributed by atoms with Gasteiger partial charge in [-0.3, -0.25) is 10.1 Å². The van der Waals surface area contributed by atoms with E-state index in [0.29, 0.717) is 22.6 Å². The van der Waals surface area contributed by atoms with E-state index in [4.69, 9.17) is 14.2 Å². The molecule has 4 rings (SSSR count). The molecule has 0 fully saturated rings. The summed E-state index contributed by atoms with van der Waals surface area (Å²) in [6.07, 6.45) is 1.63. The van der Waals surface area contributed by atoms with Crippen molar-refractivity contribution in [1.82, 2.24) is 0 Å². The third-order valence-electron chi connectivity index (χ3n) is 5.06. The molecule has 0 saturated carbocycles. The van der Waals surface area contributed by atoms with Gasteiger partial charge >= 0.3 is 5.97 Å². The number of hydrogen-bond donors (Lipinski definition) is 0. The van der Waals surface area contributed by atoms with E-state index in [1.807, 2.05) is 37.3 Å². The van der Waals surface area contributed by atoms with Gasteiger partial charge in [-0.05, 0) is 70.5 Å². The van der Waals surface area contributed by atoms with Crippen LogP contribution in [-0.2, 0) is 16.1 Å². The highest BCUT2D eigenvalue weighted by Gasteiger charge is 2.25. The Morgan fingerprint density at radius 3 is 2.68 bits per heavy atom. The van der Waals surface area contributed by atoms with E-state index in [1.54, 1.807) is 24.3 Å². The molecule has 0 N–H and O–H groups in total. The molecular formula is C25H19IN2O6. The molecule has 1 heterocycles. The number of carbonyl (C=O) groups excluding carboxylic acids is 1. The Labute approximate surface area is 209 Å². The topological polar surface area (TPSA) is 100 Å². The minimum atomic E-state index is -0.529. The van der Waals surface area contributed by atoms with E-state index < -0.39 is 10.9 Å². The number of rotatable bonds is 7. The smallest absolute Gasteiger partial charge is 0.363 e. The van der Waals surface area contributed by atoms with Crippen molar-refractivity contribution in [2.45, 2.75) is 13.5 Å². The second-order valence-electron chi connectivity index (χ2n) is 7.40. The quantitative estimate of drug-likeness (QED) is 0.123. The number of nitrogens with zero attached hydrogens (tertiary/aromatic N) is 2. The number of methoxy groups -OCH3 is 1. The Balaban J connectivity index is 1.59. The van der Waals surface area contributed by atoms with Crippen LogP contribution in [0.25, 0.3) is 6.08 Å². The van der Waals surface area contributed by atoms with Crippen molar-refractivity contribution in [2.75, 3.05) is 7.11 Å². The van der Waals surface area contributed by atoms with Crippen LogP contribution in [0.3, 0.4) is 0 Å². The van der Waals surface area contributed by atoms with Gasteiger partial charge < -0.3 is 14.2 Å². The lowest BCUT2D eigenvalue weighted by Crippen LogP contribution is -2.06. The number of hydrogen-bond acceptors (Lipinski definition) is 7. The van der Waals surface area contributed by atoms with Gasteiger partial charge in [-0.15, -0.1) is 0 Å². The molecule has 0 aromatic heterocycles. The van der Waals surface area contributed by atoms with Crippen LogP contribution >= 0.6 is 22.6 Å². The number of ether oxygens (including phenoxy) is 3. The lowest BCUT2D eigenvalue weighted by molar-refractivity contribution is -0.384. The molecule has 34 heavy (non-hydrogen) atoms. The molecule has 0 atom stereocenters. The standard InChI is InChI=1S/C25H19IN2O6/c1-15-6-3-4-9-19(15)24-27-21(25(29)34-24)12-17-11-20(26)23(22(13-17)32-2)33-14-16-7-5-8-18(10-16)28(30)31/h3-13H,14H2,1-2H3/b21-12-. The number of nitro groups is 1. The van der Waals surface area contributed by atoms with E-state index in [-0.39, 0.29) is 23.9 Å². The third-order valence-corrected chi connectivity index (χ3v) is 5.86. The van der Waals surface area contributed by atoms with Crippen molar-refractivity contribution in [3.63, 3.8) is 0 Å². The Morgan fingerprint density at radius 2 is 1.94 bits per heavy atom. The maximum absolute atomic E-state index is 12.4. The minimum absolute atomic E-state index is 0.00111. The van der Waals surface area contributed by atoms with Gasteiger partial charge in [0.2, 0.25) is 5.90 Å². The zero-order chi connectivity index (χ0) is 24.2. The average molecular weight is 570 g/mol. The lowest BCUT2D eigenvalue weighted by Gasteiger charge is -2.13. The number of benzene rings is 3. The molecule has 0 saturated heterocycles. The van der Waals surface area contributed by atoms with Crippen LogP contribution in [0.5, 0.6) is 11.5 Å². The number of non-ortho nitro benzene ring substituents is 1. The Morgan fingerprint density at radius 1 is 1.15 bits per heavy atom. The first kappa shape index (κ1) is 23.4. The first-order chi connectivity index (χ1) is 16.4. The maximum Gasteiger partial charge on any atom is 0.363 e. The van der Waals surface area contributed by atoms with E-state index >= 15 is 0 Å². The number of esters is 1. The number of carbonyl (C=O) groups is 1. The molecule has 0 amide bonds. The number of aliphatic imine (C=N–C) groups is 1. The second-order valence-corrected chi connectivity index (χ2v) is 8.56. The molecule has 3 aromatic carbocycles. The molecule has 9 heteroatoms. The monoisotopic (exact) mass is 570 g/mol. The van der Waals surface area contributed by atoms with Crippen LogP contribution in [0.4, 0.5) is 5.69 Å². The minimum Gasteiger partial charge on any atom is -0.493 e. The van der Waals surface area contributed by atoms with Gasteiger partial charge in [0, 0.05) is 17.7 Å². The van der Waals surface area contributed by atoms with Crippen molar-refractivity contribution in [3.8, 4) is 11.5 Å². The van der Waals surface area contributed by atoms with Gasteiger partial charge in [0.25, 0.3) is 5.69 Å². The highest BCUT2D eigenvalue weighted by atomic mass is 127. The van der Waals surface area contributed by atoms with Crippen molar-refractivity contribution in [1.29, 1.82) is 0 Å². The molecule has 1 aliphatic heterocycles. The first-order valence-corrected chi connectivity index (χ1v) is 11.3. The predicted octanol–water partition coefficient (Wildman–Crippen LogP) is 5.44. The highest BCUT2D eigenvalue weighted by Crippen LogP contribution is 2.36. The van der Waals surface area contributed by atoms with Crippen molar-refractivity contribution in [3.05, 3.63) is 102 Å². The molecule has 0 spiro atoms. The summed E-state index contributed by atoms with van der Waals surface area (Å²) in [6.45, 7) is 2.05.